The number of benzene rings is 2. The zero-order valence-electron chi connectivity index (χ0n) is 15.0. The Kier molecular flexibility index (Phi) is 7.25. The largest absolute Gasteiger partial charge is 0.573 e. The Morgan fingerprint density at radius 2 is 1.64 bits per heavy atom. The number of carbonyl (C=O) groups is 2. The van der Waals surface area contributed by atoms with Crippen LogP contribution in [0.3, 0.4) is 0 Å². The van der Waals surface area contributed by atoms with Gasteiger partial charge >= 0.3 is 6.36 Å². The maximum atomic E-state index is 12.1. The normalized spacial score (nSPS) is 10.9. The summed E-state index contributed by atoms with van der Waals surface area (Å²) in [6.45, 7) is -0.272. The predicted molar refractivity (Wildman–Crippen MR) is 94.5 cm³/mol. The molecule has 0 atom stereocenters. The quantitative estimate of drug-likeness (QED) is 0.745. The number of amides is 2. The van der Waals surface area contributed by atoms with Crippen molar-refractivity contribution in [3.63, 3.8) is 0 Å². The van der Waals surface area contributed by atoms with Crippen LogP contribution >= 0.6 is 0 Å². The first kappa shape index (κ1) is 21.1. The average Bonchev–Trinajstić information content (AvgIpc) is 2.65. The van der Waals surface area contributed by atoms with Gasteiger partial charge in [-0.3, -0.25) is 9.59 Å². The molecule has 2 rings (SSSR count). The van der Waals surface area contributed by atoms with Crippen LogP contribution in [0.4, 0.5) is 13.2 Å². The van der Waals surface area contributed by atoms with Gasteiger partial charge in [-0.1, -0.05) is 30.3 Å². The predicted octanol–water partition coefficient (Wildman–Crippen LogP) is 2.74. The SMILES string of the molecule is CN(Cc1ccc(OC(F)(F)F)cc1)C(=O)CNC(=O)COc1ccccc1. The second kappa shape index (κ2) is 9.63. The standard InChI is InChI=1S/C19H19F3N2O4/c1-24(12-14-7-9-16(10-8-14)28-19(20,21)22)18(26)11-23-17(25)13-27-15-5-3-2-4-6-15/h2-10H,11-13H2,1H3,(H,23,25). The molecule has 0 unspecified atom stereocenters. The molecule has 2 aromatic carbocycles. The number of likely N-dealkylation sites (N-methyl/N-ethyl adjacent to an activating group) is 1. The van der Waals surface area contributed by atoms with Crippen molar-refractivity contribution in [2.45, 2.75) is 12.9 Å². The van der Waals surface area contributed by atoms with E-state index in [0.717, 1.165) is 0 Å². The van der Waals surface area contributed by atoms with Gasteiger partial charge in [-0.2, -0.15) is 0 Å². The van der Waals surface area contributed by atoms with E-state index in [-0.39, 0.29) is 31.4 Å². The van der Waals surface area contributed by atoms with Crippen LogP contribution in [0.1, 0.15) is 5.56 Å². The number of carbonyl (C=O) groups excluding carboxylic acids is 2. The van der Waals surface area contributed by atoms with E-state index in [1.807, 2.05) is 6.07 Å². The smallest absolute Gasteiger partial charge is 0.484 e. The van der Waals surface area contributed by atoms with Crippen LogP contribution in [0.15, 0.2) is 54.6 Å². The lowest BCUT2D eigenvalue weighted by molar-refractivity contribution is -0.274. The second-order valence-corrected chi connectivity index (χ2v) is 5.82. The lowest BCUT2D eigenvalue weighted by Crippen LogP contribution is -2.39. The number of ether oxygens (including phenoxy) is 2. The van der Waals surface area contributed by atoms with Gasteiger partial charge in [-0.25, -0.2) is 0 Å². The fraction of sp³-hybridized carbons (Fsp3) is 0.263. The summed E-state index contributed by atoms with van der Waals surface area (Å²) < 4.78 is 45.5. The first-order valence-corrected chi connectivity index (χ1v) is 8.26. The van der Waals surface area contributed by atoms with Crippen LogP contribution in [0.25, 0.3) is 0 Å². The van der Waals surface area contributed by atoms with E-state index in [4.69, 9.17) is 4.74 Å². The van der Waals surface area contributed by atoms with Crippen LogP contribution in [0.2, 0.25) is 0 Å². The molecule has 0 spiro atoms. The first-order valence-electron chi connectivity index (χ1n) is 8.26. The highest BCUT2D eigenvalue weighted by molar-refractivity contribution is 5.85. The molecule has 0 fully saturated rings. The molecule has 2 amide bonds. The van der Waals surface area contributed by atoms with Gasteiger partial charge in [0.2, 0.25) is 5.91 Å². The third-order valence-electron chi connectivity index (χ3n) is 3.55. The van der Waals surface area contributed by atoms with Gasteiger partial charge in [0.05, 0.1) is 6.54 Å². The number of alkyl halides is 3. The van der Waals surface area contributed by atoms with Crippen molar-refractivity contribution in [1.29, 1.82) is 0 Å². The van der Waals surface area contributed by atoms with Crippen molar-refractivity contribution in [2.75, 3.05) is 20.2 Å². The molecular formula is C19H19F3N2O4. The first-order chi connectivity index (χ1) is 13.2. The number of halogens is 3. The summed E-state index contributed by atoms with van der Waals surface area (Å²) in [5.74, 6) is -0.599. The van der Waals surface area contributed by atoms with Crippen LogP contribution in [0, 0.1) is 0 Å². The van der Waals surface area contributed by atoms with Gasteiger partial charge < -0.3 is 19.7 Å². The molecule has 0 heterocycles. The van der Waals surface area contributed by atoms with E-state index in [1.54, 1.807) is 24.3 Å². The van der Waals surface area contributed by atoms with Crippen LogP contribution in [-0.4, -0.2) is 43.3 Å². The summed E-state index contributed by atoms with van der Waals surface area (Å²) in [5, 5.41) is 2.45. The van der Waals surface area contributed by atoms with Gasteiger partial charge in [0.25, 0.3) is 5.91 Å². The Balaban J connectivity index is 1.74. The number of nitrogens with one attached hydrogen (secondary N) is 1. The van der Waals surface area contributed by atoms with E-state index in [1.165, 1.54) is 36.2 Å². The molecule has 0 aromatic heterocycles. The number of hydrogen-bond donors (Lipinski definition) is 1. The number of nitrogens with zero attached hydrogens (tertiary/aromatic N) is 1. The summed E-state index contributed by atoms with van der Waals surface area (Å²) >= 11 is 0. The van der Waals surface area contributed by atoms with E-state index in [9.17, 15) is 22.8 Å². The number of rotatable bonds is 8. The van der Waals surface area contributed by atoms with E-state index < -0.39 is 12.3 Å². The van der Waals surface area contributed by atoms with Crippen molar-refractivity contribution in [2.24, 2.45) is 0 Å². The molecule has 28 heavy (non-hydrogen) atoms. The van der Waals surface area contributed by atoms with Crippen molar-refractivity contribution >= 4 is 11.8 Å². The molecule has 0 aliphatic carbocycles. The molecular weight excluding hydrogens is 377 g/mol. The van der Waals surface area contributed by atoms with E-state index in [0.29, 0.717) is 11.3 Å². The minimum absolute atomic E-state index is 0.168. The third kappa shape index (κ3) is 7.56. The molecule has 2 aromatic rings. The lowest BCUT2D eigenvalue weighted by atomic mass is 10.2. The van der Waals surface area contributed by atoms with Crippen molar-refractivity contribution < 1.29 is 32.2 Å². The second-order valence-electron chi connectivity index (χ2n) is 5.82. The molecule has 0 saturated heterocycles. The average molecular weight is 396 g/mol. The maximum absolute atomic E-state index is 12.1. The van der Waals surface area contributed by atoms with Crippen LogP contribution in [0.5, 0.6) is 11.5 Å². The monoisotopic (exact) mass is 396 g/mol. The Morgan fingerprint density at radius 1 is 1.00 bits per heavy atom. The topological polar surface area (TPSA) is 67.9 Å². The number of para-hydroxylation sites is 1. The van der Waals surface area contributed by atoms with Crippen molar-refractivity contribution in [3.8, 4) is 11.5 Å². The Bertz CT molecular complexity index is 780. The minimum atomic E-state index is -4.75. The number of hydrogen-bond acceptors (Lipinski definition) is 4. The van der Waals surface area contributed by atoms with E-state index in [2.05, 4.69) is 10.1 Å². The van der Waals surface area contributed by atoms with Crippen molar-refractivity contribution in [1.82, 2.24) is 10.2 Å². The Labute approximate surface area is 159 Å². The highest BCUT2D eigenvalue weighted by Crippen LogP contribution is 2.23. The Morgan fingerprint density at radius 3 is 2.25 bits per heavy atom. The molecule has 0 radical (unpaired) electrons. The van der Waals surface area contributed by atoms with Crippen LogP contribution < -0.4 is 14.8 Å². The zero-order chi connectivity index (χ0) is 20.6. The summed E-state index contributed by atoms with van der Waals surface area (Å²) in [6.07, 6.45) is -4.75. The van der Waals surface area contributed by atoms with Gasteiger partial charge in [-0.15, -0.1) is 13.2 Å². The summed E-state index contributed by atoms with van der Waals surface area (Å²) in [5.41, 5.74) is 0.615. The van der Waals surface area contributed by atoms with Gasteiger partial charge in [-0.05, 0) is 29.8 Å². The summed E-state index contributed by atoms with van der Waals surface area (Å²) in [6, 6.07) is 14.0. The molecule has 0 saturated carbocycles. The van der Waals surface area contributed by atoms with Gasteiger partial charge in [0.15, 0.2) is 6.61 Å². The highest BCUT2D eigenvalue weighted by atomic mass is 19.4. The minimum Gasteiger partial charge on any atom is -0.484 e. The molecule has 9 heteroatoms. The zero-order valence-corrected chi connectivity index (χ0v) is 15.0. The molecule has 1 N–H and O–H groups in total. The van der Waals surface area contributed by atoms with E-state index >= 15 is 0 Å². The molecule has 150 valence electrons. The van der Waals surface area contributed by atoms with Gasteiger partial charge in [0.1, 0.15) is 11.5 Å². The Hall–Kier alpha value is -3.23. The lowest BCUT2D eigenvalue weighted by Gasteiger charge is -2.18. The third-order valence-corrected chi connectivity index (χ3v) is 3.55. The molecule has 0 aliphatic rings. The van der Waals surface area contributed by atoms with Gasteiger partial charge in [0, 0.05) is 13.6 Å². The fourth-order valence-electron chi connectivity index (χ4n) is 2.18. The van der Waals surface area contributed by atoms with Crippen molar-refractivity contribution in [3.05, 3.63) is 60.2 Å². The summed E-state index contributed by atoms with van der Waals surface area (Å²) in [4.78, 5) is 25.2. The molecule has 6 nitrogen and oxygen atoms in total. The highest BCUT2D eigenvalue weighted by Gasteiger charge is 2.30. The maximum Gasteiger partial charge on any atom is 0.573 e. The molecule has 0 aliphatic heterocycles. The fourth-order valence-corrected chi connectivity index (χ4v) is 2.18. The molecule has 0 bridgehead atoms. The summed E-state index contributed by atoms with van der Waals surface area (Å²) in [7, 11) is 1.52. The van der Waals surface area contributed by atoms with Crippen LogP contribution in [-0.2, 0) is 16.1 Å².